The quantitative estimate of drug-likeness (QED) is 0.793. The summed E-state index contributed by atoms with van der Waals surface area (Å²) in [7, 11) is 1.90. The molecule has 1 aromatic carbocycles. The summed E-state index contributed by atoms with van der Waals surface area (Å²) in [4.78, 5) is 11.3. The monoisotopic (exact) mass is 236 g/mol. The zero-order valence-electron chi connectivity index (χ0n) is 10.4. The molecule has 0 radical (unpaired) electrons. The fourth-order valence-corrected chi connectivity index (χ4v) is 1.31. The number of alkyl carbamates (subject to hydrolysis) is 1. The van der Waals surface area contributed by atoms with Crippen molar-refractivity contribution in [2.45, 2.75) is 26.0 Å². The van der Waals surface area contributed by atoms with Crippen molar-refractivity contribution in [3.8, 4) is 0 Å². The maximum atomic E-state index is 11.3. The number of hydrogen-bond acceptors (Lipinski definition) is 3. The Morgan fingerprint density at radius 2 is 2.06 bits per heavy atom. The van der Waals surface area contributed by atoms with Gasteiger partial charge in [-0.1, -0.05) is 30.3 Å². The lowest BCUT2D eigenvalue weighted by atomic mass is 10.2. The summed E-state index contributed by atoms with van der Waals surface area (Å²) in [5, 5.41) is 5.82. The van der Waals surface area contributed by atoms with Crippen molar-refractivity contribution in [1.82, 2.24) is 10.6 Å². The van der Waals surface area contributed by atoms with Gasteiger partial charge in [0.2, 0.25) is 0 Å². The largest absolute Gasteiger partial charge is 0.445 e. The molecule has 0 unspecified atom stereocenters. The van der Waals surface area contributed by atoms with Crippen LogP contribution in [-0.2, 0) is 11.3 Å². The van der Waals surface area contributed by atoms with Crippen LogP contribution in [0.1, 0.15) is 18.9 Å². The zero-order chi connectivity index (χ0) is 12.5. The molecule has 1 rings (SSSR count). The maximum absolute atomic E-state index is 11.3. The minimum absolute atomic E-state index is 0.314. The molecule has 1 atom stereocenters. The molecule has 0 bridgehead atoms. The van der Waals surface area contributed by atoms with Crippen LogP contribution in [0.3, 0.4) is 0 Å². The molecule has 0 aliphatic carbocycles. The summed E-state index contributed by atoms with van der Waals surface area (Å²) in [5.74, 6) is 0. The summed E-state index contributed by atoms with van der Waals surface area (Å²) in [6.45, 7) is 3.00. The summed E-state index contributed by atoms with van der Waals surface area (Å²) in [6.07, 6.45) is 0.522. The standard InChI is InChI=1S/C13H20N2O2/c1-11(14-2)8-9-15-13(16)17-10-12-6-4-3-5-7-12/h3-7,11,14H,8-10H2,1-2H3,(H,15,16)/t11-/m0/s1. The Morgan fingerprint density at radius 1 is 1.35 bits per heavy atom. The number of hydrogen-bond donors (Lipinski definition) is 2. The van der Waals surface area contributed by atoms with Crippen LogP contribution in [-0.4, -0.2) is 25.7 Å². The van der Waals surface area contributed by atoms with E-state index in [1.165, 1.54) is 0 Å². The second-order valence-corrected chi connectivity index (χ2v) is 3.97. The van der Waals surface area contributed by atoms with Crippen LogP contribution in [0.5, 0.6) is 0 Å². The van der Waals surface area contributed by atoms with Crippen molar-refractivity contribution < 1.29 is 9.53 Å². The van der Waals surface area contributed by atoms with Crippen LogP contribution in [0.2, 0.25) is 0 Å². The SMILES string of the molecule is CN[C@@H](C)CCNC(=O)OCc1ccccc1. The van der Waals surface area contributed by atoms with Crippen LogP contribution in [0.25, 0.3) is 0 Å². The molecule has 4 nitrogen and oxygen atoms in total. The topological polar surface area (TPSA) is 50.4 Å². The fourth-order valence-electron chi connectivity index (χ4n) is 1.31. The molecular formula is C13H20N2O2. The van der Waals surface area contributed by atoms with E-state index in [1.807, 2.05) is 37.4 Å². The van der Waals surface area contributed by atoms with Crippen LogP contribution in [0, 0.1) is 0 Å². The molecule has 94 valence electrons. The van der Waals surface area contributed by atoms with Crippen molar-refractivity contribution >= 4 is 6.09 Å². The van der Waals surface area contributed by atoms with E-state index < -0.39 is 0 Å². The van der Waals surface area contributed by atoms with Gasteiger partial charge >= 0.3 is 6.09 Å². The van der Waals surface area contributed by atoms with E-state index in [1.54, 1.807) is 0 Å². The number of nitrogens with one attached hydrogen (secondary N) is 2. The van der Waals surface area contributed by atoms with E-state index in [9.17, 15) is 4.79 Å². The molecule has 4 heteroatoms. The summed E-state index contributed by atoms with van der Waals surface area (Å²) < 4.78 is 5.07. The van der Waals surface area contributed by atoms with E-state index in [-0.39, 0.29) is 6.09 Å². The van der Waals surface area contributed by atoms with Crippen molar-refractivity contribution in [3.63, 3.8) is 0 Å². The molecule has 0 fully saturated rings. The van der Waals surface area contributed by atoms with Gasteiger partial charge in [0.1, 0.15) is 6.61 Å². The smallest absolute Gasteiger partial charge is 0.407 e. The van der Waals surface area contributed by atoms with Crippen LogP contribution < -0.4 is 10.6 Å². The lowest BCUT2D eigenvalue weighted by molar-refractivity contribution is 0.139. The Bertz CT molecular complexity index is 327. The molecule has 0 aromatic heterocycles. The van der Waals surface area contributed by atoms with Gasteiger partial charge in [-0.15, -0.1) is 0 Å². The second kappa shape index (κ2) is 7.68. The molecule has 0 aliphatic rings. The first-order valence-corrected chi connectivity index (χ1v) is 5.84. The first-order chi connectivity index (χ1) is 8.22. The van der Waals surface area contributed by atoms with Gasteiger partial charge in [0.05, 0.1) is 0 Å². The Hall–Kier alpha value is -1.55. The molecule has 1 amide bonds. The average Bonchev–Trinajstić information content (AvgIpc) is 2.37. The molecule has 0 saturated heterocycles. The lowest BCUT2D eigenvalue weighted by Gasteiger charge is -2.10. The third-order valence-corrected chi connectivity index (χ3v) is 2.55. The van der Waals surface area contributed by atoms with Crippen LogP contribution in [0.4, 0.5) is 4.79 Å². The summed E-state index contributed by atoms with van der Waals surface area (Å²) in [5.41, 5.74) is 0.992. The Labute approximate surface area is 102 Å². The summed E-state index contributed by atoms with van der Waals surface area (Å²) in [6, 6.07) is 10.0. The van der Waals surface area contributed by atoms with Gasteiger partial charge in [-0.25, -0.2) is 4.79 Å². The zero-order valence-corrected chi connectivity index (χ0v) is 10.4. The molecule has 0 heterocycles. The highest BCUT2D eigenvalue weighted by Crippen LogP contribution is 2.00. The van der Waals surface area contributed by atoms with Gasteiger partial charge in [-0.05, 0) is 26.0 Å². The Kier molecular flexibility index (Phi) is 6.10. The summed E-state index contributed by atoms with van der Waals surface area (Å²) >= 11 is 0. The number of carbonyl (C=O) groups is 1. The lowest BCUT2D eigenvalue weighted by Crippen LogP contribution is -2.30. The molecule has 2 N–H and O–H groups in total. The van der Waals surface area contributed by atoms with Gasteiger partial charge in [-0.3, -0.25) is 0 Å². The molecule has 17 heavy (non-hydrogen) atoms. The Balaban J connectivity index is 2.13. The minimum atomic E-state index is -0.364. The highest BCUT2D eigenvalue weighted by atomic mass is 16.5. The number of ether oxygens (including phenoxy) is 1. The van der Waals surface area contributed by atoms with E-state index in [4.69, 9.17) is 4.74 Å². The normalized spacial score (nSPS) is 11.9. The number of carbonyl (C=O) groups excluding carboxylic acids is 1. The molecular weight excluding hydrogens is 216 g/mol. The first kappa shape index (κ1) is 13.5. The predicted molar refractivity (Wildman–Crippen MR) is 67.8 cm³/mol. The minimum Gasteiger partial charge on any atom is -0.445 e. The van der Waals surface area contributed by atoms with Gasteiger partial charge < -0.3 is 15.4 Å². The van der Waals surface area contributed by atoms with Crippen molar-refractivity contribution in [1.29, 1.82) is 0 Å². The van der Waals surface area contributed by atoms with Gasteiger partial charge in [0.25, 0.3) is 0 Å². The molecule has 0 saturated carbocycles. The number of rotatable bonds is 6. The van der Waals surface area contributed by atoms with E-state index in [2.05, 4.69) is 17.6 Å². The highest BCUT2D eigenvalue weighted by Gasteiger charge is 2.03. The molecule has 0 aliphatic heterocycles. The number of amides is 1. The first-order valence-electron chi connectivity index (χ1n) is 5.84. The maximum Gasteiger partial charge on any atom is 0.407 e. The average molecular weight is 236 g/mol. The van der Waals surface area contributed by atoms with Crippen LogP contribution in [0.15, 0.2) is 30.3 Å². The fraction of sp³-hybridized carbons (Fsp3) is 0.462. The highest BCUT2D eigenvalue weighted by molar-refractivity contribution is 5.67. The predicted octanol–water partition coefficient (Wildman–Crippen LogP) is 1.91. The van der Waals surface area contributed by atoms with Crippen LogP contribution >= 0.6 is 0 Å². The third kappa shape index (κ3) is 5.92. The van der Waals surface area contributed by atoms with Crippen molar-refractivity contribution in [2.75, 3.05) is 13.6 Å². The van der Waals surface area contributed by atoms with Gasteiger partial charge in [-0.2, -0.15) is 0 Å². The van der Waals surface area contributed by atoms with Gasteiger partial charge in [0, 0.05) is 12.6 Å². The second-order valence-electron chi connectivity index (χ2n) is 3.97. The van der Waals surface area contributed by atoms with Gasteiger partial charge in [0.15, 0.2) is 0 Å². The molecule has 1 aromatic rings. The third-order valence-electron chi connectivity index (χ3n) is 2.55. The number of benzene rings is 1. The van der Waals surface area contributed by atoms with E-state index >= 15 is 0 Å². The molecule has 0 spiro atoms. The van der Waals surface area contributed by atoms with Crippen molar-refractivity contribution in [3.05, 3.63) is 35.9 Å². The van der Waals surface area contributed by atoms with Crippen molar-refractivity contribution in [2.24, 2.45) is 0 Å². The Morgan fingerprint density at radius 3 is 2.71 bits per heavy atom. The van der Waals surface area contributed by atoms with E-state index in [0.717, 1.165) is 12.0 Å². The van der Waals surface area contributed by atoms with E-state index in [0.29, 0.717) is 19.2 Å².